The fourth-order valence-electron chi connectivity index (χ4n) is 2.17. The van der Waals surface area contributed by atoms with E-state index in [9.17, 15) is 10.1 Å². The zero-order valence-electron chi connectivity index (χ0n) is 12.2. The van der Waals surface area contributed by atoms with E-state index in [2.05, 4.69) is 16.8 Å². The molecule has 0 fully saturated rings. The lowest BCUT2D eigenvalue weighted by atomic mass is 10.2. The van der Waals surface area contributed by atoms with Gasteiger partial charge in [-0.1, -0.05) is 6.92 Å². The van der Waals surface area contributed by atoms with Crippen LogP contribution >= 0.6 is 0 Å². The number of rotatable bonds is 7. The lowest BCUT2D eigenvalue weighted by Gasteiger charge is -2.11. The summed E-state index contributed by atoms with van der Waals surface area (Å²) < 4.78 is 7.20. The van der Waals surface area contributed by atoms with Crippen molar-refractivity contribution in [3.05, 3.63) is 57.9 Å². The third-order valence-corrected chi connectivity index (χ3v) is 3.23. The molecule has 0 spiro atoms. The third kappa shape index (κ3) is 3.82. The first-order valence-electron chi connectivity index (χ1n) is 6.81. The van der Waals surface area contributed by atoms with Crippen molar-refractivity contribution in [1.82, 2.24) is 9.88 Å². The molecule has 1 aromatic heterocycles. The lowest BCUT2D eigenvalue weighted by Crippen LogP contribution is -2.15. The van der Waals surface area contributed by atoms with Gasteiger partial charge in [-0.25, -0.2) is 0 Å². The van der Waals surface area contributed by atoms with Crippen molar-refractivity contribution in [2.45, 2.75) is 20.0 Å². The number of ether oxygens (including phenoxy) is 1. The van der Waals surface area contributed by atoms with Crippen molar-refractivity contribution in [2.24, 2.45) is 0 Å². The second kappa shape index (κ2) is 6.90. The molecule has 0 aliphatic heterocycles. The number of hydrogen-bond acceptors (Lipinski definition) is 4. The highest BCUT2D eigenvalue weighted by molar-refractivity contribution is 5.43. The number of aromatic nitrogens is 1. The van der Waals surface area contributed by atoms with E-state index in [1.807, 2.05) is 24.4 Å². The van der Waals surface area contributed by atoms with Crippen LogP contribution in [0.4, 0.5) is 5.69 Å². The first kappa shape index (κ1) is 15.1. The zero-order valence-corrected chi connectivity index (χ0v) is 12.2. The molecule has 0 unspecified atom stereocenters. The molecule has 1 aromatic carbocycles. The smallest absolute Gasteiger partial charge is 0.273 e. The third-order valence-electron chi connectivity index (χ3n) is 3.23. The van der Waals surface area contributed by atoms with E-state index >= 15 is 0 Å². The molecule has 2 aromatic rings. The maximum Gasteiger partial charge on any atom is 0.273 e. The summed E-state index contributed by atoms with van der Waals surface area (Å²) in [5, 5.41) is 14.2. The first-order valence-corrected chi connectivity index (χ1v) is 6.81. The molecule has 2 rings (SSSR count). The van der Waals surface area contributed by atoms with E-state index in [1.54, 1.807) is 6.07 Å². The van der Waals surface area contributed by atoms with Crippen LogP contribution < -0.4 is 10.1 Å². The summed E-state index contributed by atoms with van der Waals surface area (Å²) >= 11 is 0. The number of nitrogens with one attached hydrogen (secondary N) is 1. The SMILES string of the molecule is CCNCc1cccn1Cc1cc(OC)cc([N+](=O)[O-])c1. The number of nitro groups is 1. The van der Waals surface area contributed by atoms with E-state index in [-0.39, 0.29) is 5.69 Å². The molecule has 112 valence electrons. The molecule has 21 heavy (non-hydrogen) atoms. The molecule has 1 heterocycles. The predicted molar refractivity (Wildman–Crippen MR) is 80.6 cm³/mol. The minimum Gasteiger partial charge on any atom is -0.496 e. The molecule has 0 radical (unpaired) electrons. The summed E-state index contributed by atoms with van der Waals surface area (Å²) in [5.74, 6) is 0.500. The Hall–Kier alpha value is -2.34. The zero-order chi connectivity index (χ0) is 15.2. The maximum absolute atomic E-state index is 11.0. The number of nitrogens with zero attached hydrogens (tertiary/aromatic N) is 2. The van der Waals surface area contributed by atoms with E-state index in [0.29, 0.717) is 12.3 Å². The second-order valence-electron chi connectivity index (χ2n) is 4.70. The van der Waals surface area contributed by atoms with Crippen LogP contribution in [0.5, 0.6) is 5.75 Å². The van der Waals surface area contributed by atoms with E-state index in [4.69, 9.17) is 4.74 Å². The summed E-state index contributed by atoms with van der Waals surface area (Å²) in [6, 6.07) is 8.85. The quantitative estimate of drug-likeness (QED) is 0.628. The Morgan fingerprint density at radius 2 is 2.19 bits per heavy atom. The van der Waals surface area contributed by atoms with Gasteiger partial charge in [-0.05, 0) is 30.3 Å². The molecule has 0 aliphatic carbocycles. The van der Waals surface area contributed by atoms with Gasteiger partial charge in [0, 0.05) is 31.0 Å². The van der Waals surface area contributed by atoms with Gasteiger partial charge in [0.2, 0.25) is 0 Å². The minimum atomic E-state index is -0.402. The van der Waals surface area contributed by atoms with Gasteiger partial charge in [0.1, 0.15) is 5.75 Å². The summed E-state index contributed by atoms with van der Waals surface area (Å²) in [4.78, 5) is 10.6. The fourth-order valence-corrected chi connectivity index (χ4v) is 2.17. The van der Waals surface area contributed by atoms with Crippen molar-refractivity contribution in [2.75, 3.05) is 13.7 Å². The maximum atomic E-state index is 11.0. The second-order valence-corrected chi connectivity index (χ2v) is 4.70. The highest BCUT2D eigenvalue weighted by Gasteiger charge is 2.11. The first-order chi connectivity index (χ1) is 10.1. The van der Waals surface area contributed by atoms with E-state index in [0.717, 1.165) is 24.3 Å². The molecule has 0 atom stereocenters. The van der Waals surface area contributed by atoms with Crippen LogP contribution in [0.25, 0.3) is 0 Å². The Kier molecular flexibility index (Phi) is 4.94. The standard InChI is InChI=1S/C15H19N3O3/c1-3-16-10-13-5-4-6-17(13)11-12-7-14(18(19)20)9-15(8-12)21-2/h4-9,16H,3,10-11H2,1-2H3. The Balaban J connectivity index is 2.24. The van der Waals surface area contributed by atoms with Gasteiger partial charge in [-0.15, -0.1) is 0 Å². The van der Waals surface area contributed by atoms with E-state index in [1.165, 1.54) is 13.2 Å². The predicted octanol–water partition coefficient (Wildman–Crippen LogP) is 2.56. The summed E-state index contributed by atoms with van der Waals surface area (Å²) in [7, 11) is 1.51. The van der Waals surface area contributed by atoms with Crippen molar-refractivity contribution in [1.29, 1.82) is 0 Å². The van der Waals surface area contributed by atoms with Gasteiger partial charge in [-0.2, -0.15) is 0 Å². The Morgan fingerprint density at radius 1 is 1.38 bits per heavy atom. The molecule has 0 saturated carbocycles. The van der Waals surface area contributed by atoms with Crippen LogP contribution in [0.3, 0.4) is 0 Å². The fraction of sp³-hybridized carbons (Fsp3) is 0.333. The summed E-state index contributed by atoms with van der Waals surface area (Å²) in [6.45, 7) is 4.30. The minimum absolute atomic E-state index is 0.0461. The Morgan fingerprint density at radius 3 is 2.86 bits per heavy atom. The normalized spacial score (nSPS) is 10.6. The van der Waals surface area contributed by atoms with E-state index < -0.39 is 4.92 Å². The lowest BCUT2D eigenvalue weighted by molar-refractivity contribution is -0.385. The summed E-state index contributed by atoms with van der Waals surface area (Å²) in [6.07, 6.45) is 1.97. The van der Waals surface area contributed by atoms with Crippen molar-refractivity contribution in [3.8, 4) is 5.75 Å². The molecular formula is C15H19N3O3. The van der Waals surface area contributed by atoms with Gasteiger partial charge < -0.3 is 14.6 Å². The average Bonchev–Trinajstić information content (AvgIpc) is 2.91. The van der Waals surface area contributed by atoms with Crippen LogP contribution in [0.2, 0.25) is 0 Å². The average molecular weight is 289 g/mol. The molecule has 0 saturated heterocycles. The van der Waals surface area contributed by atoms with Gasteiger partial charge in [-0.3, -0.25) is 10.1 Å². The number of methoxy groups -OCH3 is 1. The van der Waals surface area contributed by atoms with Crippen LogP contribution in [-0.2, 0) is 13.1 Å². The molecule has 6 heteroatoms. The highest BCUT2D eigenvalue weighted by Crippen LogP contribution is 2.23. The van der Waals surface area contributed by atoms with Gasteiger partial charge in [0.25, 0.3) is 5.69 Å². The van der Waals surface area contributed by atoms with Gasteiger partial charge in [0.05, 0.1) is 18.1 Å². The molecule has 6 nitrogen and oxygen atoms in total. The molecule has 1 N–H and O–H groups in total. The monoisotopic (exact) mass is 289 g/mol. The topological polar surface area (TPSA) is 69.3 Å². The van der Waals surface area contributed by atoms with Crippen molar-refractivity contribution >= 4 is 5.69 Å². The molecular weight excluding hydrogens is 270 g/mol. The Labute approximate surface area is 123 Å². The number of hydrogen-bond donors (Lipinski definition) is 1. The number of non-ortho nitro benzene ring substituents is 1. The number of benzene rings is 1. The van der Waals surface area contributed by atoms with Crippen LogP contribution in [0, 0.1) is 10.1 Å². The van der Waals surface area contributed by atoms with Crippen LogP contribution in [0.1, 0.15) is 18.2 Å². The van der Waals surface area contributed by atoms with Gasteiger partial charge in [0.15, 0.2) is 0 Å². The van der Waals surface area contributed by atoms with Crippen molar-refractivity contribution < 1.29 is 9.66 Å². The van der Waals surface area contributed by atoms with Crippen LogP contribution in [0.15, 0.2) is 36.5 Å². The molecule has 0 bridgehead atoms. The van der Waals surface area contributed by atoms with Crippen molar-refractivity contribution in [3.63, 3.8) is 0 Å². The molecule has 0 amide bonds. The summed E-state index contributed by atoms with van der Waals surface area (Å²) in [5.41, 5.74) is 2.03. The van der Waals surface area contributed by atoms with Crippen LogP contribution in [-0.4, -0.2) is 23.1 Å². The molecule has 0 aliphatic rings. The highest BCUT2D eigenvalue weighted by atomic mass is 16.6. The van der Waals surface area contributed by atoms with Gasteiger partial charge >= 0.3 is 0 Å². The Bertz CT molecular complexity index is 622. The number of nitro benzene ring substituents is 1. The largest absolute Gasteiger partial charge is 0.496 e.